The van der Waals surface area contributed by atoms with Gasteiger partial charge in [-0.15, -0.1) is 0 Å². The topological polar surface area (TPSA) is 64.1 Å². The second-order valence-corrected chi connectivity index (χ2v) is 3.84. The third kappa shape index (κ3) is 2.76. The summed E-state index contributed by atoms with van der Waals surface area (Å²) in [5, 5.41) is 3.32. The molecule has 1 unspecified atom stereocenters. The monoisotopic (exact) mass is 217 g/mol. The maximum Gasteiger partial charge on any atom is 0.105 e. The van der Waals surface area contributed by atoms with Crippen LogP contribution in [0.3, 0.4) is 0 Å². The summed E-state index contributed by atoms with van der Waals surface area (Å²) < 4.78 is 5.29. The summed E-state index contributed by atoms with van der Waals surface area (Å²) in [4.78, 5) is 4.02. The predicted octanol–water partition coefficient (Wildman–Crippen LogP) is 2.30. The molecular weight excluding hydrogens is 202 g/mol. The first kappa shape index (κ1) is 10.5. The fourth-order valence-electron chi connectivity index (χ4n) is 1.60. The average molecular weight is 217 g/mol. The fourth-order valence-corrected chi connectivity index (χ4v) is 1.60. The Hall–Kier alpha value is -1.97. The van der Waals surface area contributed by atoms with Gasteiger partial charge in [-0.25, -0.2) is 0 Å². The van der Waals surface area contributed by atoms with E-state index in [1.54, 1.807) is 18.7 Å². The quantitative estimate of drug-likeness (QED) is 0.824. The van der Waals surface area contributed by atoms with Crippen LogP contribution in [0.4, 0.5) is 11.4 Å². The van der Waals surface area contributed by atoms with Crippen LogP contribution >= 0.6 is 0 Å². The molecule has 0 radical (unpaired) electrons. The standard InChI is InChI=1S/C12H15N3O/c1-9(5-12-3-2-4-16-12)15-11-6-10(13)7-14-8-11/h2-4,6-9,15H,5,13H2,1H3. The number of rotatable bonds is 4. The largest absolute Gasteiger partial charge is 0.469 e. The van der Waals surface area contributed by atoms with E-state index in [0.717, 1.165) is 17.9 Å². The molecule has 2 rings (SSSR count). The fraction of sp³-hybridized carbons (Fsp3) is 0.250. The Morgan fingerprint density at radius 3 is 3.06 bits per heavy atom. The van der Waals surface area contributed by atoms with Gasteiger partial charge in [0.15, 0.2) is 0 Å². The molecule has 0 amide bonds. The number of aromatic nitrogens is 1. The summed E-state index contributed by atoms with van der Waals surface area (Å²) in [5.41, 5.74) is 7.24. The molecule has 2 heterocycles. The Morgan fingerprint density at radius 1 is 1.50 bits per heavy atom. The molecule has 3 N–H and O–H groups in total. The molecule has 0 aliphatic rings. The van der Waals surface area contributed by atoms with Crippen molar-refractivity contribution in [1.82, 2.24) is 4.98 Å². The van der Waals surface area contributed by atoms with Gasteiger partial charge in [0.2, 0.25) is 0 Å². The molecule has 0 saturated carbocycles. The van der Waals surface area contributed by atoms with E-state index < -0.39 is 0 Å². The number of hydrogen-bond donors (Lipinski definition) is 2. The van der Waals surface area contributed by atoms with Crippen LogP contribution in [0.5, 0.6) is 0 Å². The van der Waals surface area contributed by atoms with E-state index in [2.05, 4.69) is 17.2 Å². The van der Waals surface area contributed by atoms with Gasteiger partial charge in [-0.3, -0.25) is 4.98 Å². The number of furan rings is 1. The molecule has 2 aromatic heterocycles. The zero-order valence-electron chi connectivity index (χ0n) is 9.18. The van der Waals surface area contributed by atoms with E-state index in [0.29, 0.717) is 5.69 Å². The summed E-state index contributed by atoms with van der Waals surface area (Å²) in [6, 6.07) is 6.00. The van der Waals surface area contributed by atoms with Crippen LogP contribution in [-0.2, 0) is 6.42 Å². The van der Waals surface area contributed by atoms with Gasteiger partial charge in [-0.2, -0.15) is 0 Å². The van der Waals surface area contributed by atoms with Gasteiger partial charge in [0.05, 0.1) is 23.8 Å². The third-order valence-corrected chi connectivity index (χ3v) is 2.26. The number of nitrogens with zero attached hydrogens (tertiary/aromatic N) is 1. The maximum absolute atomic E-state index is 5.65. The first-order chi connectivity index (χ1) is 7.74. The van der Waals surface area contributed by atoms with Crippen molar-refractivity contribution >= 4 is 11.4 Å². The van der Waals surface area contributed by atoms with Crippen LogP contribution in [0.1, 0.15) is 12.7 Å². The zero-order valence-corrected chi connectivity index (χ0v) is 9.18. The Morgan fingerprint density at radius 2 is 2.38 bits per heavy atom. The minimum Gasteiger partial charge on any atom is -0.469 e. The van der Waals surface area contributed by atoms with Crippen molar-refractivity contribution < 1.29 is 4.42 Å². The number of hydrogen-bond acceptors (Lipinski definition) is 4. The minimum atomic E-state index is 0.273. The normalized spacial score (nSPS) is 12.3. The smallest absolute Gasteiger partial charge is 0.105 e. The van der Waals surface area contributed by atoms with Crippen molar-refractivity contribution in [2.45, 2.75) is 19.4 Å². The summed E-state index contributed by atoms with van der Waals surface area (Å²) in [6.07, 6.45) is 5.91. The van der Waals surface area contributed by atoms with E-state index in [1.807, 2.05) is 18.2 Å². The summed E-state index contributed by atoms with van der Waals surface area (Å²) in [5.74, 6) is 0.969. The van der Waals surface area contributed by atoms with Gasteiger partial charge in [-0.1, -0.05) is 0 Å². The summed E-state index contributed by atoms with van der Waals surface area (Å²) >= 11 is 0. The average Bonchev–Trinajstić information content (AvgIpc) is 2.70. The number of nitrogen functional groups attached to an aromatic ring is 1. The summed E-state index contributed by atoms with van der Waals surface area (Å²) in [6.45, 7) is 2.09. The molecule has 0 spiro atoms. The number of anilines is 2. The van der Waals surface area contributed by atoms with Crippen LogP contribution in [0.25, 0.3) is 0 Å². The SMILES string of the molecule is CC(Cc1ccco1)Nc1cncc(N)c1. The van der Waals surface area contributed by atoms with Gasteiger partial charge in [0, 0.05) is 18.7 Å². The lowest BCUT2D eigenvalue weighted by atomic mass is 10.2. The first-order valence-corrected chi connectivity index (χ1v) is 5.23. The molecule has 84 valence electrons. The predicted molar refractivity (Wildman–Crippen MR) is 64.1 cm³/mol. The lowest BCUT2D eigenvalue weighted by Crippen LogP contribution is -2.17. The highest BCUT2D eigenvalue weighted by Gasteiger charge is 2.05. The van der Waals surface area contributed by atoms with Gasteiger partial charge >= 0.3 is 0 Å². The molecule has 0 fully saturated rings. The van der Waals surface area contributed by atoms with E-state index in [1.165, 1.54) is 0 Å². The third-order valence-electron chi connectivity index (χ3n) is 2.26. The number of nitrogens with two attached hydrogens (primary N) is 1. The van der Waals surface area contributed by atoms with Crippen molar-refractivity contribution in [2.24, 2.45) is 0 Å². The van der Waals surface area contributed by atoms with Crippen LogP contribution in [0.2, 0.25) is 0 Å². The summed E-state index contributed by atoms with van der Waals surface area (Å²) in [7, 11) is 0. The highest BCUT2D eigenvalue weighted by atomic mass is 16.3. The first-order valence-electron chi connectivity index (χ1n) is 5.23. The minimum absolute atomic E-state index is 0.273. The zero-order chi connectivity index (χ0) is 11.4. The second-order valence-electron chi connectivity index (χ2n) is 3.84. The van der Waals surface area contributed by atoms with Gasteiger partial charge in [0.25, 0.3) is 0 Å². The molecule has 1 atom stereocenters. The van der Waals surface area contributed by atoms with E-state index in [9.17, 15) is 0 Å². The highest BCUT2D eigenvalue weighted by molar-refractivity contribution is 5.51. The number of pyridine rings is 1. The van der Waals surface area contributed by atoms with Gasteiger partial charge < -0.3 is 15.5 Å². The number of nitrogens with one attached hydrogen (secondary N) is 1. The molecule has 0 bridgehead atoms. The molecule has 16 heavy (non-hydrogen) atoms. The molecule has 0 aliphatic heterocycles. The highest BCUT2D eigenvalue weighted by Crippen LogP contribution is 2.13. The Labute approximate surface area is 94.5 Å². The van der Waals surface area contributed by atoms with Crippen molar-refractivity contribution in [3.05, 3.63) is 42.6 Å². The molecular formula is C12H15N3O. The van der Waals surface area contributed by atoms with Crippen LogP contribution in [0.15, 0.2) is 41.3 Å². The molecule has 2 aromatic rings. The molecule has 0 aromatic carbocycles. The Balaban J connectivity index is 1.94. The van der Waals surface area contributed by atoms with Crippen LogP contribution < -0.4 is 11.1 Å². The van der Waals surface area contributed by atoms with E-state index >= 15 is 0 Å². The van der Waals surface area contributed by atoms with Crippen molar-refractivity contribution in [3.63, 3.8) is 0 Å². The molecule has 4 heteroatoms. The maximum atomic E-state index is 5.65. The Bertz CT molecular complexity index is 439. The van der Waals surface area contributed by atoms with Gasteiger partial charge in [0.1, 0.15) is 5.76 Å². The van der Waals surface area contributed by atoms with Crippen LogP contribution in [-0.4, -0.2) is 11.0 Å². The molecule has 0 aliphatic carbocycles. The van der Waals surface area contributed by atoms with E-state index in [-0.39, 0.29) is 6.04 Å². The van der Waals surface area contributed by atoms with Crippen LogP contribution in [0, 0.1) is 0 Å². The Kier molecular flexibility index (Phi) is 3.10. The van der Waals surface area contributed by atoms with Crippen molar-refractivity contribution in [1.29, 1.82) is 0 Å². The lowest BCUT2D eigenvalue weighted by molar-refractivity contribution is 0.498. The molecule has 0 saturated heterocycles. The molecule has 4 nitrogen and oxygen atoms in total. The van der Waals surface area contributed by atoms with Crippen molar-refractivity contribution in [3.8, 4) is 0 Å². The van der Waals surface area contributed by atoms with Gasteiger partial charge in [-0.05, 0) is 25.1 Å². The van der Waals surface area contributed by atoms with E-state index in [4.69, 9.17) is 10.2 Å². The lowest BCUT2D eigenvalue weighted by Gasteiger charge is -2.13. The second kappa shape index (κ2) is 4.70. The van der Waals surface area contributed by atoms with Crippen molar-refractivity contribution in [2.75, 3.05) is 11.1 Å².